The van der Waals surface area contributed by atoms with Gasteiger partial charge in [0.2, 0.25) is 5.76 Å². The summed E-state index contributed by atoms with van der Waals surface area (Å²) >= 11 is 0. The molecule has 3 rings (SSSR count). The molecule has 0 fully saturated rings. The molecule has 0 aliphatic rings. The maximum atomic E-state index is 12.3. The van der Waals surface area contributed by atoms with Crippen LogP contribution in [0, 0.1) is 6.92 Å². The largest absolute Gasteiger partial charge is 0.351 e. The fraction of sp³-hybridized carbons (Fsp3) is 0.0588. The number of amides is 1. The summed E-state index contributed by atoms with van der Waals surface area (Å²) in [5.74, 6) is -0.376. The molecule has 8 heteroatoms. The van der Waals surface area contributed by atoms with E-state index in [9.17, 15) is 13.2 Å². The Morgan fingerprint density at radius 3 is 2.28 bits per heavy atom. The van der Waals surface area contributed by atoms with E-state index in [4.69, 9.17) is 4.52 Å². The van der Waals surface area contributed by atoms with Crippen LogP contribution in [0.4, 0.5) is 11.4 Å². The molecule has 1 heterocycles. The van der Waals surface area contributed by atoms with Gasteiger partial charge >= 0.3 is 0 Å². The molecule has 0 bridgehead atoms. The topological polar surface area (TPSA) is 101 Å². The number of hydrogen-bond donors (Lipinski definition) is 2. The van der Waals surface area contributed by atoms with Crippen LogP contribution in [0.3, 0.4) is 0 Å². The molecular formula is C17H15N3O4S. The lowest BCUT2D eigenvalue weighted by atomic mass is 10.3. The summed E-state index contributed by atoms with van der Waals surface area (Å²) in [6.07, 6.45) is 0. The average Bonchev–Trinajstić information content (AvgIpc) is 3.02. The van der Waals surface area contributed by atoms with Crippen molar-refractivity contribution < 1.29 is 17.7 Å². The van der Waals surface area contributed by atoms with Gasteiger partial charge in [0.15, 0.2) is 0 Å². The average molecular weight is 357 g/mol. The Balaban J connectivity index is 1.72. The van der Waals surface area contributed by atoms with Crippen LogP contribution < -0.4 is 10.0 Å². The number of carbonyl (C=O) groups is 1. The Morgan fingerprint density at radius 1 is 1.00 bits per heavy atom. The fourth-order valence-corrected chi connectivity index (χ4v) is 3.16. The Labute approximate surface area is 144 Å². The lowest BCUT2D eigenvalue weighted by molar-refractivity contribution is 0.0988. The van der Waals surface area contributed by atoms with Gasteiger partial charge in [-0.15, -0.1) is 0 Å². The van der Waals surface area contributed by atoms with Crippen molar-refractivity contribution in [3.05, 3.63) is 72.1 Å². The summed E-state index contributed by atoms with van der Waals surface area (Å²) in [6.45, 7) is 1.71. The van der Waals surface area contributed by atoms with E-state index in [1.54, 1.807) is 37.3 Å². The van der Waals surface area contributed by atoms with Crippen LogP contribution in [0.25, 0.3) is 0 Å². The van der Waals surface area contributed by atoms with Crippen molar-refractivity contribution in [3.63, 3.8) is 0 Å². The third-order valence-electron chi connectivity index (χ3n) is 3.30. The molecule has 0 saturated carbocycles. The van der Waals surface area contributed by atoms with E-state index >= 15 is 0 Å². The molecule has 0 spiro atoms. The molecular weight excluding hydrogens is 342 g/mol. The zero-order valence-electron chi connectivity index (χ0n) is 13.3. The van der Waals surface area contributed by atoms with Gasteiger partial charge < -0.3 is 9.84 Å². The fourth-order valence-electron chi connectivity index (χ4n) is 2.10. The first-order valence-electron chi connectivity index (χ1n) is 7.37. The first-order valence-corrected chi connectivity index (χ1v) is 8.85. The van der Waals surface area contributed by atoms with Crippen molar-refractivity contribution in [1.29, 1.82) is 0 Å². The molecule has 2 aromatic carbocycles. The first-order chi connectivity index (χ1) is 11.9. The van der Waals surface area contributed by atoms with E-state index in [1.807, 2.05) is 0 Å². The van der Waals surface area contributed by atoms with Crippen molar-refractivity contribution in [3.8, 4) is 0 Å². The summed E-state index contributed by atoms with van der Waals surface area (Å²) in [4.78, 5) is 12.1. The number of rotatable bonds is 5. The van der Waals surface area contributed by atoms with Crippen molar-refractivity contribution in [2.75, 3.05) is 10.0 Å². The Morgan fingerprint density at radius 2 is 1.68 bits per heavy atom. The quantitative estimate of drug-likeness (QED) is 0.731. The highest BCUT2D eigenvalue weighted by Crippen LogP contribution is 2.18. The molecule has 0 aliphatic carbocycles. The van der Waals surface area contributed by atoms with E-state index in [-0.39, 0.29) is 10.7 Å². The number of nitrogens with zero attached hydrogens (tertiary/aromatic N) is 1. The van der Waals surface area contributed by atoms with Gasteiger partial charge in [-0.2, -0.15) is 0 Å². The number of carbonyl (C=O) groups excluding carboxylic acids is 1. The van der Waals surface area contributed by atoms with Crippen LogP contribution in [0.2, 0.25) is 0 Å². The van der Waals surface area contributed by atoms with Crippen molar-refractivity contribution >= 4 is 27.3 Å². The number of aromatic nitrogens is 1. The van der Waals surface area contributed by atoms with Gasteiger partial charge in [-0.25, -0.2) is 8.42 Å². The van der Waals surface area contributed by atoms with E-state index < -0.39 is 15.9 Å². The predicted octanol–water partition coefficient (Wildman–Crippen LogP) is 3.04. The summed E-state index contributed by atoms with van der Waals surface area (Å²) in [6, 6.07) is 15.9. The third kappa shape index (κ3) is 4.04. The van der Waals surface area contributed by atoms with Crippen LogP contribution in [-0.4, -0.2) is 19.5 Å². The van der Waals surface area contributed by atoms with Crippen LogP contribution in [-0.2, 0) is 10.0 Å². The van der Waals surface area contributed by atoms with Gasteiger partial charge in [-0.1, -0.05) is 23.4 Å². The molecule has 0 radical (unpaired) electrons. The summed E-state index contributed by atoms with van der Waals surface area (Å²) in [7, 11) is -3.70. The number of hydrogen-bond acceptors (Lipinski definition) is 5. The van der Waals surface area contributed by atoms with Crippen molar-refractivity contribution in [2.24, 2.45) is 0 Å². The van der Waals surface area contributed by atoms with Crippen molar-refractivity contribution in [1.82, 2.24) is 5.16 Å². The van der Waals surface area contributed by atoms with Gasteiger partial charge in [-0.05, 0) is 43.3 Å². The van der Waals surface area contributed by atoms with E-state index in [2.05, 4.69) is 15.2 Å². The molecule has 128 valence electrons. The van der Waals surface area contributed by atoms with Gasteiger partial charge in [0.1, 0.15) is 0 Å². The van der Waals surface area contributed by atoms with Crippen LogP contribution >= 0.6 is 0 Å². The van der Waals surface area contributed by atoms with E-state index in [1.165, 1.54) is 30.3 Å². The molecule has 3 aromatic rings. The van der Waals surface area contributed by atoms with E-state index in [0.29, 0.717) is 17.1 Å². The molecule has 1 aromatic heterocycles. The van der Waals surface area contributed by atoms with Gasteiger partial charge in [0, 0.05) is 17.4 Å². The minimum Gasteiger partial charge on any atom is -0.351 e. The molecule has 0 atom stereocenters. The normalized spacial score (nSPS) is 11.1. The van der Waals surface area contributed by atoms with Gasteiger partial charge in [0.05, 0.1) is 10.6 Å². The Kier molecular flexibility index (Phi) is 4.53. The summed E-state index contributed by atoms with van der Waals surface area (Å²) in [5, 5.41) is 6.25. The highest BCUT2D eigenvalue weighted by Gasteiger charge is 2.15. The third-order valence-corrected chi connectivity index (χ3v) is 4.70. The molecule has 1 amide bonds. The number of benzene rings is 2. The molecule has 0 saturated heterocycles. The molecule has 0 aliphatic heterocycles. The SMILES string of the molecule is Cc1cc(C(=O)Nc2ccc(S(=O)(=O)Nc3ccccc3)cc2)on1. The minimum absolute atomic E-state index is 0.0833. The molecule has 0 unspecified atom stereocenters. The first kappa shape index (κ1) is 16.7. The lowest BCUT2D eigenvalue weighted by Crippen LogP contribution is -2.14. The van der Waals surface area contributed by atoms with Gasteiger partial charge in [0.25, 0.3) is 15.9 Å². The monoisotopic (exact) mass is 357 g/mol. The number of nitrogens with one attached hydrogen (secondary N) is 2. The number of aryl methyl sites for hydroxylation is 1. The summed E-state index contributed by atoms with van der Waals surface area (Å²) in [5.41, 5.74) is 1.51. The Bertz CT molecular complexity index is 980. The summed E-state index contributed by atoms with van der Waals surface area (Å²) < 4.78 is 32.0. The number of para-hydroxylation sites is 1. The van der Waals surface area contributed by atoms with Crippen molar-refractivity contribution in [2.45, 2.75) is 11.8 Å². The second-order valence-electron chi connectivity index (χ2n) is 5.28. The van der Waals surface area contributed by atoms with Crippen LogP contribution in [0.1, 0.15) is 16.2 Å². The Hall–Kier alpha value is -3.13. The predicted molar refractivity (Wildman–Crippen MR) is 92.9 cm³/mol. The number of anilines is 2. The van der Waals surface area contributed by atoms with Gasteiger partial charge in [-0.3, -0.25) is 9.52 Å². The highest BCUT2D eigenvalue weighted by molar-refractivity contribution is 7.92. The molecule has 25 heavy (non-hydrogen) atoms. The second kappa shape index (κ2) is 6.78. The van der Waals surface area contributed by atoms with Crippen LogP contribution in [0.15, 0.2) is 70.1 Å². The smallest absolute Gasteiger partial charge is 0.294 e. The maximum absolute atomic E-state index is 12.3. The lowest BCUT2D eigenvalue weighted by Gasteiger charge is -2.09. The standard InChI is InChI=1S/C17H15N3O4S/c1-12-11-16(24-19-12)17(21)18-13-7-9-15(10-8-13)25(22,23)20-14-5-3-2-4-6-14/h2-11,20H,1H3,(H,18,21). The van der Waals surface area contributed by atoms with E-state index in [0.717, 1.165) is 0 Å². The molecule has 2 N–H and O–H groups in total. The van der Waals surface area contributed by atoms with Crippen LogP contribution in [0.5, 0.6) is 0 Å². The second-order valence-corrected chi connectivity index (χ2v) is 6.96. The zero-order chi connectivity index (χ0) is 17.9. The number of sulfonamides is 1. The minimum atomic E-state index is -3.70. The zero-order valence-corrected chi connectivity index (χ0v) is 14.1. The highest BCUT2D eigenvalue weighted by atomic mass is 32.2. The maximum Gasteiger partial charge on any atom is 0.294 e. The molecule has 7 nitrogen and oxygen atoms in total.